The molecule has 0 saturated heterocycles. The third-order valence-corrected chi connectivity index (χ3v) is 6.68. The van der Waals surface area contributed by atoms with Crippen molar-refractivity contribution in [1.29, 1.82) is 0 Å². The second kappa shape index (κ2) is 14.6. The molecule has 240 valence electrons. The Kier molecular flexibility index (Phi) is 10.8. The van der Waals surface area contributed by atoms with Gasteiger partial charge in [0, 0.05) is 0 Å². The molecule has 0 amide bonds. The van der Waals surface area contributed by atoms with E-state index in [4.69, 9.17) is 18.9 Å². The number of ether oxygens (including phenoxy) is 4. The maximum Gasteiger partial charge on any atom is 0.411 e. The average molecular weight is 637 g/mol. The van der Waals surface area contributed by atoms with Gasteiger partial charge < -0.3 is 29.2 Å². The fourth-order valence-electron chi connectivity index (χ4n) is 4.48. The van der Waals surface area contributed by atoms with E-state index in [1.54, 1.807) is 60.7 Å². The fourth-order valence-corrected chi connectivity index (χ4v) is 4.48. The van der Waals surface area contributed by atoms with Gasteiger partial charge in [-0.15, -0.1) is 0 Å². The van der Waals surface area contributed by atoms with Crippen molar-refractivity contribution in [2.45, 2.75) is 30.0 Å². The molecule has 0 fully saturated rings. The van der Waals surface area contributed by atoms with Gasteiger partial charge >= 0.3 is 12.4 Å². The largest absolute Gasteiger partial charge is 0.491 e. The third kappa shape index (κ3) is 8.40. The maximum atomic E-state index is 14.5. The average Bonchev–Trinajstić information content (AvgIpc) is 3.02. The molecule has 2 unspecified atom stereocenters. The summed E-state index contributed by atoms with van der Waals surface area (Å²) in [6.07, 6.45) is -13.8. The Morgan fingerprint density at radius 1 is 0.422 bits per heavy atom. The molecule has 4 rings (SSSR count). The highest BCUT2D eigenvalue weighted by Crippen LogP contribution is 2.56. The molecule has 0 heterocycles. The van der Waals surface area contributed by atoms with Crippen LogP contribution in [0.25, 0.3) is 0 Å². The zero-order chi connectivity index (χ0) is 32.5. The van der Waals surface area contributed by atoms with Gasteiger partial charge in [0.25, 0.3) is 0 Å². The minimum absolute atomic E-state index is 0.0469. The van der Waals surface area contributed by atoms with Crippen LogP contribution in [-0.4, -0.2) is 61.2 Å². The van der Waals surface area contributed by atoms with Gasteiger partial charge in [-0.05, 0) is 59.7 Å². The molecular weight excluding hydrogens is 606 g/mol. The predicted molar refractivity (Wildman–Crippen MR) is 153 cm³/mol. The lowest BCUT2D eigenvalue weighted by molar-refractivity contribution is -0.288. The van der Waals surface area contributed by atoms with Crippen molar-refractivity contribution in [3.63, 3.8) is 0 Å². The first kappa shape index (κ1) is 33.5. The number of benzene rings is 4. The van der Waals surface area contributed by atoms with E-state index in [0.29, 0.717) is 35.8 Å². The molecule has 4 aromatic rings. The van der Waals surface area contributed by atoms with Gasteiger partial charge in [0.15, 0.2) is 0 Å². The molecule has 2 atom stereocenters. The highest BCUT2D eigenvalue weighted by molar-refractivity contribution is 5.47. The number of hydrogen-bond acceptors (Lipinski definition) is 6. The fraction of sp³-hybridized carbons (Fsp3) is 0.273. The van der Waals surface area contributed by atoms with Crippen molar-refractivity contribution in [1.82, 2.24) is 0 Å². The van der Waals surface area contributed by atoms with Gasteiger partial charge in [0.1, 0.15) is 61.6 Å². The Bertz CT molecular complexity index is 1330. The Morgan fingerprint density at radius 2 is 0.689 bits per heavy atom. The summed E-state index contributed by atoms with van der Waals surface area (Å²) in [7, 11) is 0. The molecule has 0 radical (unpaired) electrons. The van der Waals surface area contributed by atoms with E-state index >= 15 is 0 Å². The first-order valence-electron chi connectivity index (χ1n) is 13.7. The van der Waals surface area contributed by atoms with Crippen molar-refractivity contribution in [2.75, 3.05) is 26.4 Å². The monoisotopic (exact) mass is 636 g/mol. The minimum Gasteiger partial charge on any atom is -0.491 e. The molecule has 0 aliphatic carbocycles. The van der Waals surface area contributed by atoms with E-state index < -0.39 is 41.1 Å². The number of para-hydroxylation sites is 2. The van der Waals surface area contributed by atoms with Gasteiger partial charge in [0.2, 0.25) is 5.41 Å². The summed E-state index contributed by atoms with van der Waals surface area (Å²) < 4.78 is 109. The molecule has 0 saturated carbocycles. The lowest BCUT2D eigenvalue weighted by Crippen LogP contribution is -2.54. The molecule has 0 aromatic heterocycles. The number of rotatable bonds is 14. The molecular formula is C33H30F6O6. The van der Waals surface area contributed by atoms with E-state index in [-0.39, 0.29) is 37.9 Å². The van der Waals surface area contributed by atoms with Crippen LogP contribution in [0.15, 0.2) is 109 Å². The molecule has 0 aliphatic rings. The Balaban J connectivity index is 1.45. The molecule has 4 aromatic carbocycles. The second-order valence-electron chi connectivity index (χ2n) is 9.97. The summed E-state index contributed by atoms with van der Waals surface area (Å²) in [4.78, 5) is 0. The van der Waals surface area contributed by atoms with E-state index in [0.717, 1.165) is 24.3 Å². The molecule has 12 heteroatoms. The van der Waals surface area contributed by atoms with Crippen LogP contribution in [0.5, 0.6) is 23.0 Å². The quantitative estimate of drug-likeness (QED) is 0.150. The molecule has 0 spiro atoms. The van der Waals surface area contributed by atoms with E-state index in [1.807, 2.05) is 0 Å². The number of aliphatic hydroxyl groups excluding tert-OH is 2. The number of aliphatic hydroxyl groups is 2. The van der Waals surface area contributed by atoms with Crippen LogP contribution in [-0.2, 0) is 5.41 Å². The lowest BCUT2D eigenvalue weighted by atomic mass is 9.73. The van der Waals surface area contributed by atoms with E-state index in [9.17, 15) is 36.6 Å². The minimum atomic E-state index is -5.79. The van der Waals surface area contributed by atoms with Crippen LogP contribution in [0.4, 0.5) is 26.3 Å². The third-order valence-electron chi connectivity index (χ3n) is 6.68. The smallest absolute Gasteiger partial charge is 0.411 e. The summed E-state index contributed by atoms with van der Waals surface area (Å²) in [5.41, 5.74) is -6.53. The van der Waals surface area contributed by atoms with Crippen molar-refractivity contribution in [3.8, 4) is 23.0 Å². The van der Waals surface area contributed by atoms with Gasteiger partial charge in [-0.1, -0.05) is 60.7 Å². The van der Waals surface area contributed by atoms with Crippen LogP contribution in [0, 0.1) is 0 Å². The van der Waals surface area contributed by atoms with Crippen LogP contribution >= 0.6 is 0 Å². The van der Waals surface area contributed by atoms with Crippen molar-refractivity contribution < 1.29 is 55.5 Å². The van der Waals surface area contributed by atoms with Crippen LogP contribution in [0.2, 0.25) is 0 Å². The maximum absolute atomic E-state index is 14.5. The number of hydrogen-bond donors (Lipinski definition) is 2. The summed E-state index contributed by atoms with van der Waals surface area (Å²) >= 11 is 0. The highest BCUT2D eigenvalue weighted by Gasteiger charge is 2.72. The van der Waals surface area contributed by atoms with Gasteiger partial charge in [-0.3, -0.25) is 0 Å². The Labute approximate surface area is 255 Å². The Hall–Kier alpha value is -4.42. The zero-order valence-electron chi connectivity index (χ0n) is 23.7. The summed E-state index contributed by atoms with van der Waals surface area (Å²) in [6.45, 7) is -0.921. The second-order valence-corrected chi connectivity index (χ2v) is 9.97. The molecule has 2 N–H and O–H groups in total. The summed E-state index contributed by atoms with van der Waals surface area (Å²) in [5, 5.41) is 20.2. The van der Waals surface area contributed by atoms with Gasteiger partial charge in [-0.2, -0.15) is 26.3 Å². The first-order valence-corrected chi connectivity index (χ1v) is 13.7. The van der Waals surface area contributed by atoms with Crippen molar-refractivity contribution >= 4 is 0 Å². The van der Waals surface area contributed by atoms with E-state index in [1.165, 1.54) is 0 Å². The van der Waals surface area contributed by atoms with Crippen molar-refractivity contribution in [2.24, 2.45) is 0 Å². The molecule has 0 bridgehead atoms. The van der Waals surface area contributed by atoms with Crippen LogP contribution < -0.4 is 18.9 Å². The summed E-state index contributed by atoms with van der Waals surface area (Å²) in [6, 6.07) is 23.9. The normalized spacial score (nSPS) is 13.5. The predicted octanol–water partition coefficient (Wildman–Crippen LogP) is 6.73. The van der Waals surface area contributed by atoms with E-state index in [2.05, 4.69) is 0 Å². The van der Waals surface area contributed by atoms with Gasteiger partial charge in [0.05, 0.1) is 0 Å². The number of alkyl halides is 6. The van der Waals surface area contributed by atoms with Crippen molar-refractivity contribution in [3.05, 3.63) is 120 Å². The van der Waals surface area contributed by atoms with Gasteiger partial charge in [-0.25, -0.2) is 0 Å². The topological polar surface area (TPSA) is 77.4 Å². The highest BCUT2D eigenvalue weighted by atomic mass is 19.4. The van der Waals surface area contributed by atoms with Crippen LogP contribution in [0.1, 0.15) is 11.1 Å². The molecule has 6 nitrogen and oxygen atoms in total. The lowest BCUT2D eigenvalue weighted by Gasteiger charge is -2.38. The Morgan fingerprint density at radius 3 is 0.956 bits per heavy atom. The number of halogens is 6. The SMILES string of the molecule is OC(COc1ccccc1)COc1ccc(C(c2ccc(OCC(O)COc3ccccc3)cc2)(C(F)(F)F)C(F)(F)F)cc1. The standard InChI is InChI=1S/C33H30F6O6/c34-32(35,36)31(33(37,38)39,23-11-15-29(16-12-23)44-21-25(40)19-42-27-7-3-1-4-8-27)24-13-17-30(18-14-24)45-22-26(41)20-43-28-9-5-2-6-10-28/h1-18,25-26,40-41H,19-22H2. The molecule has 0 aliphatic heterocycles. The first-order chi connectivity index (χ1) is 21.4. The van der Waals surface area contributed by atoms with Crippen LogP contribution in [0.3, 0.4) is 0 Å². The molecule has 45 heavy (non-hydrogen) atoms. The zero-order valence-corrected chi connectivity index (χ0v) is 23.7. The summed E-state index contributed by atoms with van der Waals surface area (Å²) in [5.74, 6) is 0.910.